The number of aryl methyl sites for hydroxylation is 2. The molecule has 2 atom stereocenters. The first-order valence-electron chi connectivity index (χ1n) is 13.4. The van der Waals surface area contributed by atoms with Crippen molar-refractivity contribution >= 4 is 29.4 Å². The minimum Gasteiger partial charge on any atom is -0.466 e. The molecule has 1 aliphatic heterocycles. The fraction of sp³-hybridized carbons (Fsp3) is 0.281. The smallest absolute Gasteiger partial charge is 0.308 e. The minimum atomic E-state index is -1.24. The van der Waals surface area contributed by atoms with E-state index in [1.54, 1.807) is 57.2 Å². The average molecular weight is 579 g/mol. The molecule has 9 heteroatoms. The van der Waals surface area contributed by atoms with Crippen LogP contribution in [0.1, 0.15) is 61.0 Å². The van der Waals surface area contributed by atoms with Gasteiger partial charge in [0.05, 0.1) is 19.1 Å². The number of esters is 1. The number of carbonyl (C=O) groups excluding carboxylic acids is 3. The van der Waals surface area contributed by atoms with Gasteiger partial charge in [-0.1, -0.05) is 37.2 Å². The number of nitrogens with one attached hydrogen (secondary N) is 1. The lowest BCUT2D eigenvalue weighted by atomic mass is 9.92. The van der Waals surface area contributed by atoms with Gasteiger partial charge < -0.3 is 19.7 Å². The molecule has 214 valence electrons. The summed E-state index contributed by atoms with van der Waals surface area (Å²) < 4.78 is 27.3. The topological polar surface area (TPSA) is 84.9 Å². The van der Waals surface area contributed by atoms with Gasteiger partial charge in [-0.05, 0) is 79.4 Å². The molecule has 7 nitrogen and oxygen atoms in total. The minimum absolute atomic E-state index is 0.0918. The summed E-state index contributed by atoms with van der Waals surface area (Å²) in [4.78, 5) is 40.9. The van der Waals surface area contributed by atoms with Crippen LogP contribution in [0.2, 0.25) is 5.02 Å². The van der Waals surface area contributed by atoms with Crippen LogP contribution >= 0.6 is 11.6 Å². The maximum absolute atomic E-state index is 15.8. The Balaban J connectivity index is 2.04. The lowest BCUT2D eigenvalue weighted by molar-refractivity contribution is -0.144. The molecule has 41 heavy (non-hydrogen) atoms. The van der Waals surface area contributed by atoms with Gasteiger partial charge in [0.1, 0.15) is 23.4 Å². The van der Waals surface area contributed by atoms with Gasteiger partial charge in [-0.15, -0.1) is 0 Å². The van der Waals surface area contributed by atoms with Crippen LogP contribution in [0.25, 0.3) is 11.1 Å². The normalized spacial score (nSPS) is 16.1. The summed E-state index contributed by atoms with van der Waals surface area (Å²) in [5, 5.41) is 3.10. The molecule has 0 saturated heterocycles. The highest BCUT2D eigenvalue weighted by Gasteiger charge is 2.34. The Hall–Kier alpha value is -4.17. The van der Waals surface area contributed by atoms with Gasteiger partial charge in [0.15, 0.2) is 0 Å². The molecule has 1 N–H and O–H groups in total. The van der Waals surface area contributed by atoms with E-state index < -0.39 is 29.8 Å². The fourth-order valence-corrected chi connectivity index (χ4v) is 5.30. The Morgan fingerprint density at radius 1 is 1.15 bits per heavy atom. The molecule has 1 aliphatic rings. The number of hydrogen-bond donors (Lipinski definition) is 1. The average Bonchev–Trinajstić information content (AvgIpc) is 2.92. The molecule has 0 radical (unpaired) electrons. The first-order chi connectivity index (χ1) is 19.6. The SMILES string of the molecule is C=CN(C(=O)CC)C1C(=O)N[C@@H](CC(=O)OCC)c2cc(cc(C)c2F)-c2c(C)cccc2Oc2cc(Cl)cc1c2. The molecule has 0 aliphatic carbocycles. The van der Waals surface area contributed by atoms with Gasteiger partial charge in [-0.2, -0.15) is 0 Å². The third-order valence-corrected chi connectivity index (χ3v) is 7.14. The van der Waals surface area contributed by atoms with Crippen LogP contribution in [-0.2, 0) is 19.1 Å². The number of rotatable bonds is 6. The van der Waals surface area contributed by atoms with Crippen LogP contribution in [0.5, 0.6) is 11.5 Å². The Morgan fingerprint density at radius 3 is 2.59 bits per heavy atom. The van der Waals surface area contributed by atoms with Crippen molar-refractivity contribution < 1.29 is 28.2 Å². The van der Waals surface area contributed by atoms with Crippen molar-refractivity contribution in [1.29, 1.82) is 0 Å². The molecule has 4 rings (SSSR count). The van der Waals surface area contributed by atoms with Crippen LogP contribution in [0.3, 0.4) is 0 Å². The molecule has 0 aromatic heterocycles. The van der Waals surface area contributed by atoms with Crippen molar-refractivity contribution in [2.24, 2.45) is 0 Å². The van der Waals surface area contributed by atoms with E-state index in [4.69, 9.17) is 21.1 Å². The lowest BCUT2D eigenvalue weighted by Crippen LogP contribution is -2.42. The second kappa shape index (κ2) is 12.6. The van der Waals surface area contributed by atoms with Crippen molar-refractivity contribution in [3.63, 3.8) is 0 Å². The van der Waals surface area contributed by atoms with Crippen molar-refractivity contribution in [3.05, 3.63) is 94.4 Å². The van der Waals surface area contributed by atoms with E-state index in [-0.39, 0.29) is 35.9 Å². The van der Waals surface area contributed by atoms with Crippen molar-refractivity contribution in [3.8, 4) is 22.6 Å². The quantitative estimate of drug-likeness (QED) is 0.315. The van der Waals surface area contributed by atoms with Crippen molar-refractivity contribution in [2.45, 2.75) is 52.6 Å². The zero-order valence-corrected chi connectivity index (χ0v) is 24.2. The summed E-state index contributed by atoms with van der Waals surface area (Å²) in [6, 6.07) is 11.3. The number of amides is 2. The number of hydrogen-bond acceptors (Lipinski definition) is 5. The largest absolute Gasteiger partial charge is 0.466 e. The van der Waals surface area contributed by atoms with Crippen LogP contribution in [-0.4, -0.2) is 29.3 Å². The summed E-state index contributed by atoms with van der Waals surface area (Å²) in [7, 11) is 0. The first kappa shape index (κ1) is 29.8. The van der Waals surface area contributed by atoms with E-state index in [9.17, 15) is 14.4 Å². The molecular weight excluding hydrogens is 547 g/mol. The number of nitrogens with zero attached hydrogens (tertiary/aromatic N) is 1. The van der Waals surface area contributed by atoms with Gasteiger partial charge in [-0.3, -0.25) is 14.4 Å². The number of halogens is 2. The zero-order valence-electron chi connectivity index (χ0n) is 23.4. The summed E-state index contributed by atoms with van der Waals surface area (Å²) in [6.07, 6.45) is 1.02. The van der Waals surface area contributed by atoms with E-state index in [2.05, 4.69) is 11.9 Å². The molecular formula is C32H32ClFN2O5. The van der Waals surface area contributed by atoms with Gasteiger partial charge in [0, 0.05) is 28.8 Å². The Bertz CT molecular complexity index is 1520. The van der Waals surface area contributed by atoms with Gasteiger partial charge in [0.2, 0.25) is 11.8 Å². The predicted molar refractivity (Wildman–Crippen MR) is 155 cm³/mol. The number of carbonyl (C=O) groups is 3. The Morgan fingerprint density at radius 2 is 1.90 bits per heavy atom. The summed E-state index contributed by atoms with van der Waals surface area (Å²) >= 11 is 6.50. The molecule has 1 heterocycles. The predicted octanol–water partition coefficient (Wildman–Crippen LogP) is 7.10. The highest BCUT2D eigenvalue weighted by molar-refractivity contribution is 6.30. The van der Waals surface area contributed by atoms with Crippen molar-refractivity contribution in [1.82, 2.24) is 10.2 Å². The van der Waals surface area contributed by atoms with Crippen LogP contribution in [0.4, 0.5) is 4.39 Å². The molecule has 3 aromatic carbocycles. The second-order valence-electron chi connectivity index (χ2n) is 9.78. The summed E-state index contributed by atoms with van der Waals surface area (Å²) in [5.41, 5.74) is 2.99. The van der Waals surface area contributed by atoms with Crippen LogP contribution < -0.4 is 10.1 Å². The summed E-state index contributed by atoms with van der Waals surface area (Å²) in [5.74, 6) is -1.40. The second-order valence-corrected chi connectivity index (χ2v) is 10.2. The van der Waals surface area contributed by atoms with Gasteiger partial charge >= 0.3 is 5.97 Å². The Labute approximate surface area is 243 Å². The maximum Gasteiger partial charge on any atom is 0.308 e. The molecule has 2 amide bonds. The third kappa shape index (κ3) is 6.28. The molecule has 0 spiro atoms. The van der Waals surface area contributed by atoms with Gasteiger partial charge in [-0.25, -0.2) is 4.39 Å². The monoisotopic (exact) mass is 578 g/mol. The zero-order chi connectivity index (χ0) is 29.8. The lowest BCUT2D eigenvalue weighted by Gasteiger charge is -2.30. The highest BCUT2D eigenvalue weighted by Crippen LogP contribution is 2.41. The van der Waals surface area contributed by atoms with Gasteiger partial charge in [0.25, 0.3) is 0 Å². The van der Waals surface area contributed by atoms with E-state index in [0.29, 0.717) is 33.8 Å². The number of fused-ring (bicyclic) bond motifs is 6. The molecule has 0 fully saturated rings. The molecule has 1 unspecified atom stereocenters. The highest BCUT2D eigenvalue weighted by atomic mass is 35.5. The Kier molecular flexibility index (Phi) is 9.13. The molecule has 0 saturated carbocycles. The molecule has 3 aromatic rings. The first-order valence-corrected chi connectivity index (χ1v) is 13.7. The van der Waals surface area contributed by atoms with E-state index in [0.717, 1.165) is 5.56 Å². The number of benzene rings is 3. The molecule has 4 bridgehead atoms. The van der Waals surface area contributed by atoms with E-state index in [1.165, 1.54) is 11.1 Å². The van der Waals surface area contributed by atoms with E-state index >= 15 is 4.39 Å². The third-order valence-electron chi connectivity index (χ3n) is 6.92. The van der Waals surface area contributed by atoms with Crippen molar-refractivity contribution in [2.75, 3.05) is 6.61 Å². The van der Waals surface area contributed by atoms with Crippen LogP contribution in [0.15, 0.2) is 61.3 Å². The van der Waals surface area contributed by atoms with Crippen LogP contribution in [0, 0.1) is 19.7 Å². The standard InChI is InChI=1S/C32H32ClFN2O5/c1-6-27(37)36(7-2)31-21-13-22(33)16-23(14-21)41-26-11-9-10-18(4)29(26)20-12-19(5)30(34)24(15-20)25(35-32(31)39)17-28(38)40-8-3/h7,9-16,25,31H,2,6,8,17H2,1,3-5H3,(H,35,39)/t25-,31?/m0/s1. The maximum atomic E-state index is 15.8. The van der Waals surface area contributed by atoms with E-state index in [1.807, 2.05) is 19.1 Å². The number of ether oxygens (including phenoxy) is 2. The fourth-order valence-electron chi connectivity index (χ4n) is 5.07. The summed E-state index contributed by atoms with van der Waals surface area (Å²) in [6.45, 7) is 10.7.